The molecule has 2 fully saturated rings. The number of carbonyl (C=O) groups excluding carboxylic acids is 7. The molecule has 1 unspecified atom stereocenters. The van der Waals surface area contributed by atoms with Gasteiger partial charge in [0.2, 0.25) is 23.5 Å². The van der Waals surface area contributed by atoms with Gasteiger partial charge in [-0.25, -0.2) is 4.79 Å². The van der Waals surface area contributed by atoms with E-state index in [9.17, 15) is 33.6 Å². The standard InChI is InChI=1S/C40H58N6O7/c1-11-13-18-26(31(48)34(50)41-19-12-2)42-33(49)30-29-25(40(29,9)10)21-46(30)36(52)32(39(6,7)8)44-37(53)43-27(38(3,4)5)22-45-28(47)20-23-16-14-15-17-24(23)35(45)51/h12,14-17,25-27,29-30,32H,2,11,13,18-22H2,1,3-10H3,(H,41,50)(H,42,49)(H2,43,44,53)/t25-,26?,27+,29-,30-,32+/m0/s1. The van der Waals surface area contributed by atoms with Crippen molar-refractivity contribution in [2.75, 3.05) is 19.6 Å². The summed E-state index contributed by atoms with van der Waals surface area (Å²) < 4.78 is 0. The largest absolute Gasteiger partial charge is 0.346 e. The number of unbranched alkanes of at least 4 members (excludes halogenated alkanes) is 1. The Morgan fingerprint density at radius 3 is 2.25 bits per heavy atom. The summed E-state index contributed by atoms with van der Waals surface area (Å²) in [5, 5.41) is 11.1. The smallest absolute Gasteiger partial charge is 0.315 e. The first-order chi connectivity index (χ1) is 24.6. The number of nitrogens with one attached hydrogen (secondary N) is 4. The summed E-state index contributed by atoms with van der Waals surface area (Å²) in [6.07, 6.45) is 3.15. The van der Waals surface area contributed by atoms with E-state index in [1.165, 1.54) is 15.9 Å². The first-order valence-electron chi connectivity index (χ1n) is 18.7. The fraction of sp³-hybridized carbons (Fsp3) is 0.625. The van der Waals surface area contributed by atoms with Gasteiger partial charge in [0, 0.05) is 25.2 Å². The van der Waals surface area contributed by atoms with Crippen molar-refractivity contribution >= 4 is 41.4 Å². The topological polar surface area (TPSA) is 174 Å². The number of likely N-dealkylation sites (tertiary alicyclic amines) is 1. The van der Waals surface area contributed by atoms with Gasteiger partial charge in [-0.3, -0.25) is 33.7 Å². The molecule has 1 aromatic carbocycles. The lowest BCUT2D eigenvalue weighted by Crippen LogP contribution is -2.63. The van der Waals surface area contributed by atoms with Crippen LogP contribution in [0.2, 0.25) is 0 Å². The highest BCUT2D eigenvalue weighted by molar-refractivity contribution is 6.38. The van der Waals surface area contributed by atoms with Crippen LogP contribution in [-0.4, -0.2) is 95.0 Å². The maximum Gasteiger partial charge on any atom is 0.315 e. The Balaban J connectivity index is 1.53. The van der Waals surface area contributed by atoms with Gasteiger partial charge in [0.25, 0.3) is 11.8 Å². The lowest BCUT2D eigenvalue weighted by atomic mass is 9.84. The molecule has 0 spiro atoms. The van der Waals surface area contributed by atoms with Crippen molar-refractivity contribution < 1.29 is 33.6 Å². The van der Waals surface area contributed by atoms with Gasteiger partial charge >= 0.3 is 6.03 Å². The Kier molecular flexibility index (Phi) is 12.3. The lowest BCUT2D eigenvalue weighted by Gasteiger charge is -2.39. The van der Waals surface area contributed by atoms with Crippen LogP contribution in [0.4, 0.5) is 4.79 Å². The molecule has 2 heterocycles. The third-order valence-corrected chi connectivity index (χ3v) is 11.1. The van der Waals surface area contributed by atoms with Gasteiger partial charge in [-0.1, -0.05) is 99.4 Å². The molecular weight excluding hydrogens is 676 g/mol. The monoisotopic (exact) mass is 734 g/mol. The molecule has 1 saturated heterocycles. The van der Waals surface area contributed by atoms with Crippen molar-refractivity contribution in [1.82, 2.24) is 31.1 Å². The zero-order chi connectivity index (χ0) is 39.6. The summed E-state index contributed by atoms with van der Waals surface area (Å²) in [6, 6.07) is 2.61. The fourth-order valence-corrected chi connectivity index (χ4v) is 7.61. The van der Waals surface area contributed by atoms with Crippen molar-refractivity contribution in [1.29, 1.82) is 0 Å². The Hall–Kier alpha value is -4.55. The third kappa shape index (κ3) is 8.98. The van der Waals surface area contributed by atoms with Gasteiger partial charge in [-0.2, -0.15) is 0 Å². The van der Waals surface area contributed by atoms with Gasteiger partial charge in [-0.15, -0.1) is 6.58 Å². The zero-order valence-corrected chi connectivity index (χ0v) is 32.8. The van der Waals surface area contributed by atoms with Gasteiger partial charge in [0.1, 0.15) is 12.1 Å². The van der Waals surface area contributed by atoms with E-state index in [1.807, 2.05) is 62.3 Å². The summed E-state index contributed by atoms with van der Waals surface area (Å²) in [6.45, 7) is 21.0. The Morgan fingerprint density at radius 2 is 1.64 bits per heavy atom. The number of fused-ring (bicyclic) bond motifs is 2. The molecule has 4 rings (SSSR count). The highest BCUT2D eigenvalue weighted by Gasteiger charge is 2.70. The molecule has 4 N–H and O–H groups in total. The van der Waals surface area contributed by atoms with E-state index < -0.39 is 70.4 Å². The van der Waals surface area contributed by atoms with Gasteiger partial charge in [-0.05, 0) is 46.1 Å². The summed E-state index contributed by atoms with van der Waals surface area (Å²) in [4.78, 5) is 97.3. The first-order valence-corrected chi connectivity index (χ1v) is 18.7. The summed E-state index contributed by atoms with van der Waals surface area (Å²) in [5.41, 5.74) is -0.495. The fourth-order valence-electron chi connectivity index (χ4n) is 7.61. The van der Waals surface area contributed by atoms with Gasteiger partial charge in [0.15, 0.2) is 0 Å². The Morgan fingerprint density at radius 1 is 0.981 bits per heavy atom. The van der Waals surface area contributed by atoms with E-state index in [2.05, 4.69) is 27.8 Å². The SMILES string of the molecule is C=CCNC(=O)C(=O)C(CCCC)NC(=O)[C@@H]1[C@@H]2[C@H](CN1C(=O)[C@@H](NC(=O)N[C@H](CN1C(=O)Cc3ccccc3C1=O)C(C)(C)C)C(C)(C)C)C2(C)C. The quantitative estimate of drug-likeness (QED) is 0.129. The number of carbonyl (C=O) groups is 7. The number of piperidine rings is 1. The molecule has 13 nitrogen and oxygen atoms in total. The van der Waals surface area contributed by atoms with Crippen molar-refractivity contribution in [3.8, 4) is 0 Å². The highest BCUT2D eigenvalue weighted by Crippen LogP contribution is 2.65. The molecule has 1 aromatic rings. The van der Waals surface area contributed by atoms with Crippen LogP contribution in [-0.2, 0) is 30.4 Å². The van der Waals surface area contributed by atoms with E-state index in [-0.39, 0.29) is 49.1 Å². The number of hydrogen-bond acceptors (Lipinski definition) is 7. The first kappa shape index (κ1) is 41.2. The van der Waals surface area contributed by atoms with Crippen molar-refractivity contribution in [2.45, 2.75) is 112 Å². The van der Waals surface area contributed by atoms with E-state index in [1.54, 1.807) is 24.3 Å². The average Bonchev–Trinajstić information content (AvgIpc) is 3.37. The van der Waals surface area contributed by atoms with Crippen LogP contribution in [0.3, 0.4) is 0 Å². The molecule has 1 saturated carbocycles. The number of ketones is 1. The molecule has 53 heavy (non-hydrogen) atoms. The van der Waals surface area contributed by atoms with Crippen LogP contribution >= 0.6 is 0 Å². The zero-order valence-electron chi connectivity index (χ0n) is 32.8. The molecule has 2 aliphatic heterocycles. The summed E-state index contributed by atoms with van der Waals surface area (Å²) >= 11 is 0. The third-order valence-electron chi connectivity index (χ3n) is 11.1. The molecule has 0 aromatic heterocycles. The van der Waals surface area contributed by atoms with Crippen LogP contribution in [0.15, 0.2) is 36.9 Å². The van der Waals surface area contributed by atoms with E-state index in [0.717, 1.165) is 6.42 Å². The highest BCUT2D eigenvalue weighted by atomic mass is 16.2. The molecule has 13 heteroatoms. The van der Waals surface area contributed by atoms with Gasteiger partial charge < -0.3 is 26.2 Å². The van der Waals surface area contributed by atoms with Crippen molar-refractivity contribution in [3.05, 3.63) is 48.0 Å². The number of amides is 7. The minimum Gasteiger partial charge on any atom is -0.346 e. The Bertz CT molecular complexity index is 1640. The minimum absolute atomic E-state index is 0.0346. The van der Waals surface area contributed by atoms with Crippen LogP contribution in [0, 0.1) is 28.1 Å². The van der Waals surface area contributed by atoms with E-state index in [0.29, 0.717) is 24.1 Å². The second kappa shape index (κ2) is 15.8. The molecule has 0 radical (unpaired) electrons. The number of imide groups is 1. The number of urea groups is 1. The van der Waals surface area contributed by atoms with Crippen LogP contribution in [0.25, 0.3) is 0 Å². The number of Topliss-reactive ketones (excluding diaryl/α,β-unsaturated/α-hetero) is 1. The lowest BCUT2D eigenvalue weighted by molar-refractivity contribution is -0.145. The molecule has 7 amide bonds. The number of hydrogen-bond donors (Lipinski definition) is 4. The van der Waals surface area contributed by atoms with Crippen LogP contribution in [0.5, 0.6) is 0 Å². The number of benzene rings is 1. The molecule has 1 aliphatic carbocycles. The van der Waals surface area contributed by atoms with E-state index in [4.69, 9.17) is 0 Å². The van der Waals surface area contributed by atoms with Crippen molar-refractivity contribution in [2.24, 2.45) is 28.1 Å². The predicted octanol–water partition coefficient (Wildman–Crippen LogP) is 3.37. The summed E-state index contributed by atoms with van der Waals surface area (Å²) in [7, 11) is 0. The number of nitrogens with zero attached hydrogens (tertiary/aromatic N) is 2. The van der Waals surface area contributed by atoms with Crippen molar-refractivity contribution in [3.63, 3.8) is 0 Å². The van der Waals surface area contributed by atoms with Crippen LogP contribution in [0.1, 0.15) is 97.5 Å². The summed E-state index contributed by atoms with van der Waals surface area (Å²) in [5.74, 6) is -3.44. The predicted molar refractivity (Wildman–Crippen MR) is 200 cm³/mol. The number of rotatable bonds is 14. The molecule has 6 atom stereocenters. The Labute approximate surface area is 313 Å². The molecule has 290 valence electrons. The molecule has 0 bridgehead atoms. The minimum atomic E-state index is -1.06. The second-order valence-electron chi connectivity index (χ2n) is 17.4. The van der Waals surface area contributed by atoms with Gasteiger partial charge in [0.05, 0.1) is 18.5 Å². The van der Waals surface area contributed by atoms with Crippen LogP contribution < -0.4 is 21.3 Å². The maximum absolute atomic E-state index is 14.5. The van der Waals surface area contributed by atoms with E-state index >= 15 is 0 Å². The maximum atomic E-state index is 14.5. The molecular formula is C40H58N6O7. The second-order valence-corrected chi connectivity index (χ2v) is 17.4. The average molecular weight is 735 g/mol. The molecule has 3 aliphatic rings. The normalized spacial score (nSPS) is 22.1.